The number of amides is 2. The summed E-state index contributed by atoms with van der Waals surface area (Å²) in [5.41, 5.74) is 1.18. The number of hydrogen-bond donors (Lipinski definition) is 2. The predicted molar refractivity (Wildman–Crippen MR) is 97.1 cm³/mol. The molecular formula is C18H21F2N5O2. The lowest BCUT2D eigenvalue weighted by Gasteiger charge is -2.17. The van der Waals surface area contributed by atoms with Crippen molar-refractivity contribution in [3.05, 3.63) is 41.9 Å². The Hall–Kier alpha value is -2.97. The maximum Gasteiger partial charge on any atom is 0.387 e. The number of hydrogen-bond acceptors (Lipinski definition) is 5. The maximum atomic E-state index is 12.3. The molecule has 1 aliphatic heterocycles. The summed E-state index contributed by atoms with van der Waals surface area (Å²) in [6.07, 6.45) is 2.29. The Morgan fingerprint density at radius 1 is 1.26 bits per heavy atom. The molecule has 1 fully saturated rings. The topological polar surface area (TPSA) is 79.4 Å². The average Bonchev–Trinajstić information content (AvgIpc) is 3.14. The van der Waals surface area contributed by atoms with Gasteiger partial charge in [-0.1, -0.05) is 6.07 Å². The molecule has 2 amide bonds. The first kappa shape index (κ1) is 18.8. The molecule has 1 aromatic heterocycles. The molecule has 2 N–H and O–H groups in total. The summed E-state index contributed by atoms with van der Waals surface area (Å²) in [5.74, 6) is 1.36. The first-order valence-corrected chi connectivity index (χ1v) is 8.69. The Morgan fingerprint density at radius 3 is 2.78 bits per heavy atom. The van der Waals surface area contributed by atoms with Gasteiger partial charge in [-0.2, -0.15) is 8.78 Å². The lowest BCUT2D eigenvalue weighted by molar-refractivity contribution is -0.0497. The van der Waals surface area contributed by atoms with Crippen LogP contribution in [0.15, 0.2) is 30.3 Å². The van der Waals surface area contributed by atoms with Crippen molar-refractivity contribution in [2.75, 3.05) is 23.3 Å². The number of halogens is 2. The first-order chi connectivity index (χ1) is 13.0. The standard InChI is InChI=1S/C18H21F2N5O2/c1-12-9-16(25-7-2-3-8-25)24-15(22-12)11-21-18(26)23-13-5-4-6-14(10-13)27-17(19)20/h4-6,9-10,17H,2-3,7-8,11H2,1H3,(H2,21,23,26). The van der Waals surface area contributed by atoms with Crippen LogP contribution in [0.2, 0.25) is 0 Å². The summed E-state index contributed by atoms with van der Waals surface area (Å²) in [6, 6.07) is 7.24. The van der Waals surface area contributed by atoms with Crippen LogP contribution < -0.4 is 20.3 Å². The maximum absolute atomic E-state index is 12.3. The highest BCUT2D eigenvalue weighted by molar-refractivity contribution is 5.89. The van der Waals surface area contributed by atoms with Crippen molar-refractivity contribution in [2.24, 2.45) is 0 Å². The fraction of sp³-hybridized carbons (Fsp3) is 0.389. The van der Waals surface area contributed by atoms with E-state index < -0.39 is 12.6 Å². The molecule has 27 heavy (non-hydrogen) atoms. The average molecular weight is 377 g/mol. The van der Waals surface area contributed by atoms with Gasteiger partial charge in [0.05, 0.1) is 6.54 Å². The lowest BCUT2D eigenvalue weighted by atomic mass is 10.3. The number of ether oxygens (including phenoxy) is 1. The molecule has 0 bridgehead atoms. The highest BCUT2D eigenvalue weighted by Crippen LogP contribution is 2.20. The number of carbonyl (C=O) groups is 1. The van der Waals surface area contributed by atoms with Crippen molar-refractivity contribution in [3.8, 4) is 5.75 Å². The Labute approximate surface area is 155 Å². The molecule has 9 heteroatoms. The highest BCUT2D eigenvalue weighted by atomic mass is 19.3. The fourth-order valence-electron chi connectivity index (χ4n) is 2.88. The minimum atomic E-state index is -2.92. The summed E-state index contributed by atoms with van der Waals surface area (Å²) in [7, 11) is 0. The normalized spacial score (nSPS) is 13.7. The second-order valence-electron chi connectivity index (χ2n) is 6.19. The van der Waals surface area contributed by atoms with Gasteiger partial charge in [-0.3, -0.25) is 0 Å². The predicted octanol–water partition coefficient (Wildman–Crippen LogP) is 3.31. The monoisotopic (exact) mass is 377 g/mol. The van der Waals surface area contributed by atoms with Gasteiger partial charge in [0.15, 0.2) is 0 Å². The van der Waals surface area contributed by atoms with Gasteiger partial charge in [-0.15, -0.1) is 0 Å². The molecule has 0 radical (unpaired) electrons. The van der Waals surface area contributed by atoms with Crippen LogP contribution in [0, 0.1) is 6.92 Å². The molecule has 2 aromatic rings. The zero-order valence-corrected chi connectivity index (χ0v) is 14.9. The van der Waals surface area contributed by atoms with E-state index >= 15 is 0 Å². The fourth-order valence-corrected chi connectivity index (χ4v) is 2.88. The molecule has 0 aliphatic carbocycles. The smallest absolute Gasteiger partial charge is 0.387 e. The number of nitrogens with one attached hydrogen (secondary N) is 2. The van der Waals surface area contributed by atoms with E-state index in [0.717, 1.165) is 37.4 Å². The van der Waals surface area contributed by atoms with E-state index in [1.165, 1.54) is 18.2 Å². The minimum absolute atomic E-state index is 0.0277. The minimum Gasteiger partial charge on any atom is -0.435 e. The molecule has 0 spiro atoms. The zero-order valence-electron chi connectivity index (χ0n) is 14.9. The summed E-state index contributed by atoms with van der Waals surface area (Å²) >= 11 is 0. The SMILES string of the molecule is Cc1cc(N2CCCC2)nc(CNC(=O)Nc2cccc(OC(F)F)c2)n1. The van der Waals surface area contributed by atoms with Crippen LogP contribution in [-0.4, -0.2) is 35.7 Å². The van der Waals surface area contributed by atoms with Crippen LogP contribution in [0.5, 0.6) is 5.75 Å². The molecule has 7 nitrogen and oxygen atoms in total. The number of nitrogens with zero attached hydrogens (tertiary/aromatic N) is 3. The number of aromatic nitrogens is 2. The Kier molecular flexibility index (Phi) is 6.00. The molecule has 0 atom stereocenters. The first-order valence-electron chi connectivity index (χ1n) is 8.69. The van der Waals surface area contributed by atoms with Crippen molar-refractivity contribution in [1.82, 2.24) is 15.3 Å². The number of anilines is 2. The van der Waals surface area contributed by atoms with Crippen LogP contribution in [0.25, 0.3) is 0 Å². The summed E-state index contributed by atoms with van der Waals surface area (Å²) in [6.45, 7) is 1.07. The van der Waals surface area contributed by atoms with E-state index in [-0.39, 0.29) is 12.3 Å². The van der Waals surface area contributed by atoms with Crippen LogP contribution >= 0.6 is 0 Å². The molecule has 0 saturated carbocycles. The highest BCUT2D eigenvalue weighted by Gasteiger charge is 2.15. The zero-order chi connectivity index (χ0) is 19.2. The number of carbonyl (C=O) groups excluding carboxylic acids is 1. The lowest BCUT2D eigenvalue weighted by Crippen LogP contribution is -2.29. The largest absolute Gasteiger partial charge is 0.435 e. The van der Waals surface area contributed by atoms with E-state index in [2.05, 4.69) is 30.2 Å². The molecule has 1 aromatic carbocycles. The van der Waals surface area contributed by atoms with E-state index in [0.29, 0.717) is 11.5 Å². The van der Waals surface area contributed by atoms with Gasteiger partial charge in [-0.05, 0) is 31.9 Å². The van der Waals surface area contributed by atoms with Gasteiger partial charge in [-0.25, -0.2) is 14.8 Å². The van der Waals surface area contributed by atoms with Gasteiger partial charge >= 0.3 is 12.6 Å². The van der Waals surface area contributed by atoms with E-state index in [1.54, 1.807) is 6.07 Å². The van der Waals surface area contributed by atoms with Crippen molar-refractivity contribution < 1.29 is 18.3 Å². The van der Waals surface area contributed by atoms with E-state index in [9.17, 15) is 13.6 Å². The Balaban J connectivity index is 1.57. The quantitative estimate of drug-likeness (QED) is 0.807. The third-order valence-electron chi connectivity index (χ3n) is 4.04. The van der Waals surface area contributed by atoms with Crippen molar-refractivity contribution in [1.29, 1.82) is 0 Å². The third-order valence-corrected chi connectivity index (χ3v) is 4.04. The molecule has 1 saturated heterocycles. The van der Waals surface area contributed by atoms with Gasteiger partial charge in [0.1, 0.15) is 17.4 Å². The van der Waals surface area contributed by atoms with Gasteiger partial charge in [0, 0.05) is 36.6 Å². The number of urea groups is 1. The number of benzene rings is 1. The number of alkyl halides is 2. The molecular weight excluding hydrogens is 356 g/mol. The molecule has 3 rings (SSSR count). The molecule has 144 valence electrons. The van der Waals surface area contributed by atoms with Gasteiger partial charge in [0.2, 0.25) is 0 Å². The van der Waals surface area contributed by atoms with Crippen molar-refractivity contribution in [2.45, 2.75) is 32.9 Å². The Bertz CT molecular complexity index is 797. The van der Waals surface area contributed by atoms with Crippen molar-refractivity contribution >= 4 is 17.5 Å². The third kappa shape index (κ3) is 5.50. The number of rotatable bonds is 6. The van der Waals surface area contributed by atoms with Crippen molar-refractivity contribution in [3.63, 3.8) is 0 Å². The van der Waals surface area contributed by atoms with Crippen LogP contribution in [0.1, 0.15) is 24.4 Å². The van der Waals surface area contributed by atoms with Crippen LogP contribution in [-0.2, 0) is 6.54 Å². The summed E-state index contributed by atoms with van der Waals surface area (Å²) < 4.78 is 28.8. The van der Waals surface area contributed by atoms with Gasteiger partial charge < -0.3 is 20.3 Å². The van der Waals surface area contributed by atoms with Gasteiger partial charge in [0.25, 0.3) is 0 Å². The number of aryl methyl sites for hydroxylation is 1. The van der Waals surface area contributed by atoms with Crippen LogP contribution in [0.4, 0.5) is 25.1 Å². The second-order valence-corrected chi connectivity index (χ2v) is 6.19. The molecule has 2 heterocycles. The summed E-state index contributed by atoms with van der Waals surface area (Å²) in [5, 5.41) is 5.24. The van der Waals surface area contributed by atoms with E-state index in [4.69, 9.17) is 0 Å². The molecule has 0 unspecified atom stereocenters. The Morgan fingerprint density at radius 2 is 2.04 bits per heavy atom. The second kappa shape index (κ2) is 8.61. The van der Waals surface area contributed by atoms with E-state index in [1.807, 2.05) is 13.0 Å². The van der Waals surface area contributed by atoms with Crippen LogP contribution in [0.3, 0.4) is 0 Å². The molecule has 1 aliphatic rings. The summed E-state index contributed by atoms with van der Waals surface area (Å²) in [4.78, 5) is 23.1.